The second-order valence-corrected chi connectivity index (χ2v) is 6.36. The van der Waals surface area contributed by atoms with E-state index in [0.717, 1.165) is 6.26 Å². The number of methoxy groups -OCH3 is 1. The number of carbonyl (C=O) groups is 2. The van der Waals surface area contributed by atoms with Crippen LogP contribution in [-0.2, 0) is 28.9 Å². The van der Waals surface area contributed by atoms with Gasteiger partial charge in [-0.2, -0.15) is 0 Å². The minimum absolute atomic E-state index is 0.0557. The molecule has 1 aromatic rings. The minimum Gasteiger partial charge on any atom is -0.466 e. The third kappa shape index (κ3) is 4.42. The summed E-state index contributed by atoms with van der Waals surface area (Å²) in [5.41, 5.74) is 0.368. The van der Waals surface area contributed by atoms with E-state index in [4.69, 9.17) is 4.74 Å². The SMILES string of the molecule is C=C(C(=O)OC)C(OC(C)=O)c1ccc(S(C)(=O)=O)cc1. The van der Waals surface area contributed by atoms with Gasteiger partial charge in [0.25, 0.3) is 0 Å². The van der Waals surface area contributed by atoms with Crippen LogP contribution in [0.25, 0.3) is 0 Å². The number of esters is 2. The van der Waals surface area contributed by atoms with Crippen LogP contribution in [0.15, 0.2) is 41.3 Å². The van der Waals surface area contributed by atoms with Crippen LogP contribution in [-0.4, -0.2) is 33.7 Å². The molecule has 0 fully saturated rings. The first kappa shape index (κ1) is 16.9. The van der Waals surface area contributed by atoms with Gasteiger partial charge in [-0.25, -0.2) is 13.2 Å². The molecular formula is C14H16O6S. The molecule has 7 heteroatoms. The molecular weight excluding hydrogens is 296 g/mol. The molecule has 0 radical (unpaired) electrons. The van der Waals surface area contributed by atoms with Gasteiger partial charge in [-0.05, 0) is 17.7 Å². The Bertz CT molecular complexity index is 657. The molecule has 0 N–H and O–H groups in total. The molecule has 0 aliphatic carbocycles. The van der Waals surface area contributed by atoms with Gasteiger partial charge >= 0.3 is 11.9 Å². The average Bonchev–Trinajstić information content (AvgIpc) is 2.42. The maximum Gasteiger partial charge on any atom is 0.337 e. The smallest absolute Gasteiger partial charge is 0.337 e. The Morgan fingerprint density at radius 1 is 1.19 bits per heavy atom. The molecule has 0 aliphatic rings. The zero-order valence-corrected chi connectivity index (χ0v) is 12.8. The molecule has 1 rings (SSSR count). The van der Waals surface area contributed by atoms with Crippen LogP contribution < -0.4 is 0 Å². The standard InChI is InChI=1S/C14H16O6S/c1-9(14(16)19-3)13(20-10(2)15)11-5-7-12(8-6-11)21(4,17)18/h5-8,13H,1H2,2-4H3. The lowest BCUT2D eigenvalue weighted by atomic mass is 10.0. The highest BCUT2D eigenvalue weighted by Gasteiger charge is 2.24. The van der Waals surface area contributed by atoms with Crippen LogP contribution in [0.2, 0.25) is 0 Å². The van der Waals surface area contributed by atoms with Gasteiger partial charge in [-0.3, -0.25) is 4.79 Å². The molecule has 21 heavy (non-hydrogen) atoms. The topological polar surface area (TPSA) is 86.7 Å². The second kappa shape index (κ2) is 6.53. The monoisotopic (exact) mass is 312 g/mol. The van der Waals surface area contributed by atoms with Crippen LogP contribution >= 0.6 is 0 Å². The second-order valence-electron chi connectivity index (χ2n) is 4.35. The van der Waals surface area contributed by atoms with Gasteiger partial charge in [-0.1, -0.05) is 18.7 Å². The quantitative estimate of drug-likeness (QED) is 0.604. The van der Waals surface area contributed by atoms with E-state index in [1.165, 1.54) is 38.3 Å². The number of hydrogen-bond acceptors (Lipinski definition) is 6. The van der Waals surface area contributed by atoms with Gasteiger partial charge in [-0.15, -0.1) is 0 Å². The maximum atomic E-state index is 11.5. The van der Waals surface area contributed by atoms with E-state index >= 15 is 0 Å². The molecule has 0 aromatic heterocycles. The summed E-state index contributed by atoms with van der Waals surface area (Å²) in [5, 5.41) is 0. The van der Waals surface area contributed by atoms with Crippen molar-refractivity contribution in [1.29, 1.82) is 0 Å². The first-order chi connectivity index (χ1) is 9.66. The molecule has 0 spiro atoms. The van der Waals surface area contributed by atoms with Crippen molar-refractivity contribution in [1.82, 2.24) is 0 Å². The zero-order valence-electron chi connectivity index (χ0n) is 12.0. The third-order valence-electron chi connectivity index (χ3n) is 2.66. The van der Waals surface area contributed by atoms with Crippen LogP contribution in [0, 0.1) is 0 Å². The summed E-state index contributed by atoms with van der Waals surface area (Å²) < 4.78 is 32.4. The number of ether oxygens (including phenoxy) is 2. The summed E-state index contributed by atoms with van der Waals surface area (Å²) in [6, 6.07) is 5.65. The molecule has 0 heterocycles. The van der Waals surface area contributed by atoms with Gasteiger partial charge in [0, 0.05) is 13.2 Å². The highest BCUT2D eigenvalue weighted by atomic mass is 32.2. The molecule has 114 valence electrons. The van der Waals surface area contributed by atoms with Crippen LogP contribution in [0.5, 0.6) is 0 Å². The van der Waals surface area contributed by atoms with E-state index < -0.39 is 27.9 Å². The molecule has 1 unspecified atom stereocenters. The Hall–Kier alpha value is -2.15. The number of rotatable bonds is 5. The Labute approximate surface area is 123 Å². The Balaban J connectivity index is 3.18. The van der Waals surface area contributed by atoms with Gasteiger partial charge in [0.2, 0.25) is 0 Å². The minimum atomic E-state index is -3.33. The maximum absolute atomic E-state index is 11.5. The summed E-state index contributed by atoms with van der Waals surface area (Å²) >= 11 is 0. The highest BCUT2D eigenvalue weighted by molar-refractivity contribution is 7.90. The van der Waals surface area contributed by atoms with Crippen molar-refractivity contribution in [3.05, 3.63) is 42.0 Å². The third-order valence-corrected chi connectivity index (χ3v) is 3.79. The number of sulfone groups is 1. The fraction of sp³-hybridized carbons (Fsp3) is 0.286. The van der Waals surface area contributed by atoms with Crippen LogP contribution in [0.1, 0.15) is 18.6 Å². The molecule has 1 aromatic carbocycles. The fourth-order valence-corrected chi connectivity index (χ4v) is 2.26. The largest absolute Gasteiger partial charge is 0.466 e. The van der Waals surface area contributed by atoms with Gasteiger partial charge < -0.3 is 9.47 Å². The lowest BCUT2D eigenvalue weighted by molar-refractivity contribution is -0.147. The predicted octanol–water partition coefficient (Wildman–Crippen LogP) is 1.42. The Kier molecular flexibility index (Phi) is 5.26. The summed E-state index contributed by atoms with van der Waals surface area (Å²) in [4.78, 5) is 22.8. The van der Waals surface area contributed by atoms with Crippen LogP contribution in [0.4, 0.5) is 0 Å². The average molecular weight is 312 g/mol. The summed E-state index contributed by atoms with van der Waals surface area (Å²) in [5.74, 6) is -1.31. The molecule has 1 atom stereocenters. The summed E-state index contributed by atoms with van der Waals surface area (Å²) in [6.07, 6.45) is 0.0578. The van der Waals surface area contributed by atoms with Crippen LogP contribution in [0.3, 0.4) is 0 Å². The van der Waals surface area contributed by atoms with Gasteiger partial charge in [0.1, 0.15) is 0 Å². The van der Waals surface area contributed by atoms with Crippen molar-refractivity contribution in [2.24, 2.45) is 0 Å². The van der Waals surface area contributed by atoms with Crippen molar-refractivity contribution in [2.75, 3.05) is 13.4 Å². The lowest BCUT2D eigenvalue weighted by Gasteiger charge is -2.18. The number of carbonyl (C=O) groups excluding carboxylic acids is 2. The van der Waals surface area contributed by atoms with E-state index in [-0.39, 0.29) is 10.5 Å². The molecule has 6 nitrogen and oxygen atoms in total. The summed E-state index contributed by atoms with van der Waals surface area (Å²) in [6.45, 7) is 4.75. The van der Waals surface area contributed by atoms with Crippen molar-refractivity contribution >= 4 is 21.8 Å². The van der Waals surface area contributed by atoms with Gasteiger partial charge in [0.05, 0.1) is 17.6 Å². The van der Waals surface area contributed by atoms with E-state index in [2.05, 4.69) is 11.3 Å². The molecule has 0 saturated carbocycles. The van der Waals surface area contributed by atoms with E-state index in [9.17, 15) is 18.0 Å². The molecule has 0 saturated heterocycles. The first-order valence-corrected chi connectivity index (χ1v) is 7.80. The predicted molar refractivity (Wildman–Crippen MR) is 75.2 cm³/mol. The summed E-state index contributed by atoms with van der Waals surface area (Å²) in [7, 11) is -2.15. The first-order valence-electron chi connectivity index (χ1n) is 5.91. The molecule has 0 aliphatic heterocycles. The highest BCUT2D eigenvalue weighted by Crippen LogP contribution is 2.27. The van der Waals surface area contributed by atoms with E-state index in [0.29, 0.717) is 5.56 Å². The normalized spacial score (nSPS) is 12.3. The zero-order chi connectivity index (χ0) is 16.2. The molecule has 0 bridgehead atoms. The van der Waals surface area contributed by atoms with E-state index in [1.807, 2.05) is 0 Å². The Morgan fingerprint density at radius 2 is 1.71 bits per heavy atom. The van der Waals surface area contributed by atoms with Gasteiger partial charge in [0.15, 0.2) is 15.9 Å². The Morgan fingerprint density at radius 3 is 2.10 bits per heavy atom. The van der Waals surface area contributed by atoms with Crippen molar-refractivity contribution in [3.63, 3.8) is 0 Å². The van der Waals surface area contributed by atoms with Crippen molar-refractivity contribution < 1.29 is 27.5 Å². The number of benzene rings is 1. The lowest BCUT2D eigenvalue weighted by Crippen LogP contribution is -2.17. The fourth-order valence-electron chi connectivity index (χ4n) is 1.63. The van der Waals surface area contributed by atoms with Crippen molar-refractivity contribution in [3.8, 4) is 0 Å². The van der Waals surface area contributed by atoms with Crippen molar-refractivity contribution in [2.45, 2.75) is 17.9 Å². The van der Waals surface area contributed by atoms with E-state index in [1.54, 1.807) is 0 Å². The number of hydrogen-bond donors (Lipinski definition) is 0. The molecule has 0 amide bonds.